The first-order chi connectivity index (χ1) is 8.93. The number of rotatable bonds is 10. The minimum absolute atomic E-state index is 0.0180. The molecule has 0 spiro atoms. The molecule has 0 aliphatic carbocycles. The Morgan fingerprint density at radius 2 is 1.84 bits per heavy atom. The van der Waals surface area contributed by atoms with Crippen LogP contribution in [0.1, 0.15) is 47.0 Å². The van der Waals surface area contributed by atoms with Crippen LogP contribution in [0.5, 0.6) is 0 Å². The predicted molar refractivity (Wildman–Crippen MR) is 76.0 cm³/mol. The number of hydrogen-bond donors (Lipinski definition) is 2. The fourth-order valence-electron chi connectivity index (χ4n) is 1.89. The van der Waals surface area contributed by atoms with Gasteiger partial charge in [0.2, 0.25) is 5.91 Å². The van der Waals surface area contributed by atoms with Crippen molar-refractivity contribution in [1.29, 1.82) is 0 Å². The Hall–Kier alpha value is -1.10. The first kappa shape index (κ1) is 17.9. The highest BCUT2D eigenvalue weighted by Gasteiger charge is 2.23. The number of carboxylic acids is 1. The van der Waals surface area contributed by atoms with Gasteiger partial charge < -0.3 is 10.4 Å². The van der Waals surface area contributed by atoms with E-state index in [0.717, 1.165) is 19.3 Å². The molecule has 0 saturated carbocycles. The highest BCUT2D eigenvalue weighted by Crippen LogP contribution is 2.05. The molecule has 19 heavy (non-hydrogen) atoms. The molecule has 0 rings (SSSR count). The zero-order valence-corrected chi connectivity index (χ0v) is 12.6. The number of aliphatic carboxylic acids is 1. The van der Waals surface area contributed by atoms with Crippen molar-refractivity contribution in [3.8, 4) is 0 Å². The largest absolute Gasteiger partial charge is 0.481 e. The van der Waals surface area contributed by atoms with E-state index in [1.165, 1.54) is 0 Å². The van der Waals surface area contributed by atoms with Crippen molar-refractivity contribution in [2.75, 3.05) is 19.6 Å². The Labute approximate surface area is 116 Å². The van der Waals surface area contributed by atoms with Gasteiger partial charge in [-0.1, -0.05) is 33.6 Å². The van der Waals surface area contributed by atoms with Crippen molar-refractivity contribution in [2.24, 2.45) is 5.92 Å². The standard InChI is InChI=1S/C14H28N2O3/c1-5-7-8-9-15-13(17)12(4)16(6-2)10-11(3)14(18)19/h11-12H,5-10H2,1-4H3,(H,15,17)(H,18,19). The molecule has 0 aromatic carbocycles. The zero-order chi connectivity index (χ0) is 14.8. The lowest BCUT2D eigenvalue weighted by molar-refractivity contribution is -0.142. The van der Waals surface area contributed by atoms with Crippen LogP contribution in [-0.4, -0.2) is 47.6 Å². The van der Waals surface area contributed by atoms with Gasteiger partial charge in [0.05, 0.1) is 12.0 Å². The molecule has 0 radical (unpaired) electrons. The van der Waals surface area contributed by atoms with Gasteiger partial charge in [0.25, 0.3) is 0 Å². The molecule has 2 unspecified atom stereocenters. The van der Waals surface area contributed by atoms with E-state index >= 15 is 0 Å². The van der Waals surface area contributed by atoms with Gasteiger partial charge in [-0.2, -0.15) is 0 Å². The molecule has 2 atom stereocenters. The number of amides is 1. The third kappa shape index (κ3) is 7.15. The third-order valence-electron chi connectivity index (χ3n) is 3.34. The summed E-state index contributed by atoms with van der Waals surface area (Å²) < 4.78 is 0. The zero-order valence-electron chi connectivity index (χ0n) is 12.6. The molecule has 0 aromatic rings. The summed E-state index contributed by atoms with van der Waals surface area (Å²) >= 11 is 0. The van der Waals surface area contributed by atoms with Gasteiger partial charge in [-0.05, 0) is 19.9 Å². The maximum Gasteiger partial charge on any atom is 0.307 e. The van der Waals surface area contributed by atoms with Crippen molar-refractivity contribution >= 4 is 11.9 Å². The Bertz CT molecular complexity index is 282. The van der Waals surface area contributed by atoms with Crippen LogP contribution in [0.2, 0.25) is 0 Å². The van der Waals surface area contributed by atoms with Gasteiger partial charge in [-0.15, -0.1) is 0 Å². The van der Waals surface area contributed by atoms with E-state index in [1.807, 2.05) is 18.7 Å². The van der Waals surface area contributed by atoms with E-state index in [0.29, 0.717) is 19.6 Å². The molecule has 112 valence electrons. The smallest absolute Gasteiger partial charge is 0.307 e. The summed E-state index contributed by atoms with van der Waals surface area (Å²) in [5.41, 5.74) is 0. The molecular weight excluding hydrogens is 244 g/mol. The van der Waals surface area contributed by atoms with Gasteiger partial charge in [-0.3, -0.25) is 14.5 Å². The Morgan fingerprint density at radius 3 is 2.32 bits per heavy atom. The minimum atomic E-state index is -0.825. The molecule has 5 heteroatoms. The monoisotopic (exact) mass is 272 g/mol. The van der Waals surface area contributed by atoms with E-state index in [4.69, 9.17) is 5.11 Å². The van der Waals surface area contributed by atoms with Crippen LogP contribution in [0.4, 0.5) is 0 Å². The maximum absolute atomic E-state index is 12.0. The average Bonchev–Trinajstić information content (AvgIpc) is 2.39. The SMILES string of the molecule is CCCCCNC(=O)C(C)N(CC)CC(C)C(=O)O. The fourth-order valence-corrected chi connectivity index (χ4v) is 1.89. The second-order valence-electron chi connectivity index (χ2n) is 5.00. The van der Waals surface area contributed by atoms with Gasteiger partial charge in [0.15, 0.2) is 0 Å². The number of likely N-dealkylation sites (N-methyl/N-ethyl adjacent to an activating group) is 1. The lowest BCUT2D eigenvalue weighted by Crippen LogP contribution is -2.47. The molecule has 2 N–H and O–H groups in total. The van der Waals surface area contributed by atoms with Crippen molar-refractivity contribution in [3.63, 3.8) is 0 Å². The summed E-state index contributed by atoms with van der Waals surface area (Å²) in [6, 6.07) is -0.284. The molecular formula is C14H28N2O3. The molecule has 0 aromatic heterocycles. The summed E-state index contributed by atoms with van der Waals surface area (Å²) in [5.74, 6) is -1.31. The molecule has 0 fully saturated rings. The third-order valence-corrected chi connectivity index (χ3v) is 3.34. The second kappa shape index (κ2) is 9.78. The van der Waals surface area contributed by atoms with Crippen LogP contribution in [0, 0.1) is 5.92 Å². The number of hydrogen-bond acceptors (Lipinski definition) is 3. The topological polar surface area (TPSA) is 69.6 Å². The molecule has 0 heterocycles. The van der Waals surface area contributed by atoms with Crippen molar-refractivity contribution in [1.82, 2.24) is 10.2 Å². The van der Waals surface area contributed by atoms with E-state index in [1.54, 1.807) is 6.92 Å². The first-order valence-electron chi connectivity index (χ1n) is 7.18. The number of carbonyl (C=O) groups excluding carboxylic acids is 1. The van der Waals surface area contributed by atoms with Crippen molar-refractivity contribution in [3.05, 3.63) is 0 Å². The van der Waals surface area contributed by atoms with Crippen LogP contribution >= 0.6 is 0 Å². The normalized spacial score (nSPS) is 14.2. The number of carbonyl (C=O) groups is 2. The highest BCUT2D eigenvalue weighted by molar-refractivity contribution is 5.81. The molecule has 1 amide bonds. The van der Waals surface area contributed by atoms with Crippen LogP contribution in [-0.2, 0) is 9.59 Å². The molecule has 0 saturated heterocycles. The lowest BCUT2D eigenvalue weighted by atomic mass is 10.1. The summed E-state index contributed by atoms with van der Waals surface area (Å²) in [7, 11) is 0. The van der Waals surface area contributed by atoms with Gasteiger partial charge >= 0.3 is 5.97 Å². The van der Waals surface area contributed by atoms with Crippen LogP contribution in [0.25, 0.3) is 0 Å². The van der Waals surface area contributed by atoms with Crippen molar-refractivity contribution < 1.29 is 14.7 Å². The summed E-state index contributed by atoms with van der Waals surface area (Å²) in [6.07, 6.45) is 3.23. The quantitative estimate of drug-likeness (QED) is 0.594. The van der Waals surface area contributed by atoms with Crippen LogP contribution < -0.4 is 5.32 Å². The van der Waals surface area contributed by atoms with Gasteiger partial charge in [0, 0.05) is 13.1 Å². The van der Waals surface area contributed by atoms with Crippen molar-refractivity contribution in [2.45, 2.75) is 53.0 Å². The predicted octanol–water partition coefficient (Wildman–Crippen LogP) is 1.72. The number of unbranched alkanes of at least 4 members (excludes halogenated alkanes) is 2. The molecule has 0 aliphatic heterocycles. The summed E-state index contributed by atoms with van der Waals surface area (Å²) in [4.78, 5) is 24.7. The summed E-state index contributed by atoms with van der Waals surface area (Å²) in [6.45, 7) is 9.32. The van der Waals surface area contributed by atoms with Gasteiger partial charge in [0.1, 0.15) is 0 Å². The fraction of sp³-hybridized carbons (Fsp3) is 0.857. The second-order valence-corrected chi connectivity index (χ2v) is 5.00. The Kier molecular flexibility index (Phi) is 9.21. The number of carboxylic acid groups (broad SMARTS) is 1. The Balaban J connectivity index is 4.21. The van der Waals surface area contributed by atoms with Crippen LogP contribution in [0.15, 0.2) is 0 Å². The van der Waals surface area contributed by atoms with E-state index in [9.17, 15) is 9.59 Å². The number of nitrogens with zero attached hydrogens (tertiary/aromatic N) is 1. The van der Waals surface area contributed by atoms with E-state index in [-0.39, 0.29) is 11.9 Å². The molecule has 0 aliphatic rings. The van der Waals surface area contributed by atoms with E-state index in [2.05, 4.69) is 12.2 Å². The molecule has 0 bridgehead atoms. The van der Waals surface area contributed by atoms with Gasteiger partial charge in [-0.25, -0.2) is 0 Å². The number of nitrogens with one attached hydrogen (secondary N) is 1. The maximum atomic E-state index is 12.0. The average molecular weight is 272 g/mol. The minimum Gasteiger partial charge on any atom is -0.481 e. The highest BCUT2D eigenvalue weighted by atomic mass is 16.4. The van der Waals surface area contributed by atoms with Crippen LogP contribution in [0.3, 0.4) is 0 Å². The first-order valence-corrected chi connectivity index (χ1v) is 7.18. The van der Waals surface area contributed by atoms with E-state index < -0.39 is 11.9 Å². The summed E-state index contributed by atoms with van der Waals surface area (Å²) in [5, 5.41) is 11.8. The molecule has 5 nitrogen and oxygen atoms in total. The Morgan fingerprint density at radius 1 is 1.21 bits per heavy atom. The lowest BCUT2D eigenvalue weighted by Gasteiger charge is -2.28.